The van der Waals surface area contributed by atoms with Crippen molar-refractivity contribution >= 4 is 29.2 Å². The van der Waals surface area contributed by atoms with Gasteiger partial charge in [0.25, 0.3) is 0 Å². The third-order valence-corrected chi connectivity index (χ3v) is 4.37. The second-order valence-corrected chi connectivity index (χ2v) is 5.77. The maximum absolute atomic E-state index is 12.0. The van der Waals surface area contributed by atoms with E-state index in [1.54, 1.807) is 31.2 Å². The van der Waals surface area contributed by atoms with E-state index in [0.717, 1.165) is 11.1 Å². The molecule has 1 aromatic carbocycles. The lowest BCUT2D eigenvalue weighted by Gasteiger charge is -2.24. The summed E-state index contributed by atoms with van der Waals surface area (Å²) >= 11 is 5.44. The highest BCUT2D eigenvalue weighted by Gasteiger charge is 2.40. The highest BCUT2D eigenvalue weighted by molar-refractivity contribution is 7.80. The number of carbonyl (C=O) groups is 2. The molecule has 0 aromatic heterocycles. The Labute approximate surface area is 138 Å². The molecule has 0 radical (unpaired) electrons. The zero-order valence-corrected chi connectivity index (χ0v) is 13.4. The summed E-state index contributed by atoms with van der Waals surface area (Å²) in [6.45, 7) is 2.20. The lowest BCUT2D eigenvalue weighted by molar-refractivity contribution is -0.121. The zero-order valence-electron chi connectivity index (χ0n) is 12.5. The number of hydrogen-bond acceptors (Lipinski definition) is 5. The quantitative estimate of drug-likeness (QED) is 0.811. The van der Waals surface area contributed by atoms with E-state index in [4.69, 9.17) is 17.0 Å². The minimum absolute atomic E-state index is 0.115. The lowest BCUT2D eigenvalue weighted by atomic mass is 9.85. The molecule has 1 atom stereocenters. The Morgan fingerprint density at radius 2 is 2.13 bits per heavy atom. The number of nitrogens with zero attached hydrogens (tertiary/aromatic N) is 1. The summed E-state index contributed by atoms with van der Waals surface area (Å²) in [5.41, 5.74) is 2.30. The standard InChI is InChI=1S/C16H16N2O4S/c1-2-22-16(21)18-8-12-14(15(18)23)11(7-13(20)17-12)9-3-5-10(19)6-4-9/h3-6,11,19H,2,7-8H2,1H3,(H,17,20). The van der Waals surface area contributed by atoms with Gasteiger partial charge in [-0.2, -0.15) is 0 Å². The molecule has 23 heavy (non-hydrogen) atoms. The Hall–Kier alpha value is -2.41. The van der Waals surface area contributed by atoms with Crippen LogP contribution in [-0.2, 0) is 9.53 Å². The van der Waals surface area contributed by atoms with Gasteiger partial charge in [0.1, 0.15) is 10.7 Å². The van der Waals surface area contributed by atoms with Gasteiger partial charge in [0.05, 0.1) is 13.2 Å². The van der Waals surface area contributed by atoms with Crippen LogP contribution in [0.2, 0.25) is 0 Å². The fraction of sp³-hybridized carbons (Fsp3) is 0.312. The molecule has 120 valence electrons. The molecule has 0 aliphatic carbocycles. The maximum Gasteiger partial charge on any atom is 0.415 e. The SMILES string of the molecule is CCOC(=O)N1CC2=C(C1=S)C(c1ccc(O)cc1)CC(=O)N2. The number of carbonyl (C=O) groups excluding carboxylic acids is 2. The number of hydrogen-bond donors (Lipinski definition) is 2. The van der Waals surface area contributed by atoms with Gasteiger partial charge in [-0.25, -0.2) is 4.79 Å². The molecule has 2 N–H and O–H groups in total. The summed E-state index contributed by atoms with van der Waals surface area (Å²) in [5, 5.41) is 12.2. The van der Waals surface area contributed by atoms with E-state index in [0.29, 0.717) is 10.7 Å². The van der Waals surface area contributed by atoms with E-state index in [9.17, 15) is 14.7 Å². The van der Waals surface area contributed by atoms with Crippen molar-refractivity contribution < 1.29 is 19.4 Å². The monoisotopic (exact) mass is 332 g/mol. The third-order valence-electron chi connectivity index (χ3n) is 3.93. The number of thiocarbonyl (C=S) groups is 1. The normalized spacial score (nSPS) is 20.4. The van der Waals surface area contributed by atoms with Gasteiger partial charge in [0.15, 0.2) is 0 Å². The van der Waals surface area contributed by atoms with Gasteiger partial charge in [-0.05, 0) is 24.6 Å². The van der Waals surface area contributed by atoms with Gasteiger partial charge in [0, 0.05) is 23.6 Å². The molecule has 0 spiro atoms. The summed E-state index contributed by atoms with van der Waals surface area (Å²) in [6.07, 6.45) is -0.258. The van der Waals surface area contributed by atoms with Gasteiger partial charge in [-0.15, -0.1) is 0 Å². The molecule has 2 amide bonds. The number of benzene rings is 1. The number of ether oxygens (including phenoxy) is 1. The van der Waals surface area contributed by atoms with E-state index in [1.807, 2.05) is 0 Å². The average Bonchev–Trinajstić information content (AvgIpc) is 2.84. The number of phenols is 1. The molecule has 0 saturated heterocycles. The molecule has 1 aromatic rings. The molecule has 2 heterocycles. The first-order valence-electron chi connectivity index (χ1n) is 7.31. The predicted molar refractivity (Wildman–Crippen MR) is 87.0 cm³/mol. The summed E-state index contributed by atoms with van der Waals surface area (Å²) in [6, 6.07) is 6.67. The molecule has 3 rings (SSSR count). The fourth-order valence-electron chi connectivity index (χ4n) is 2.90. The number of nitrogens with one attached hydrogen (secondary N) is 1. The molecule has 6 nitrogen and oxygen atoms in total. The van der Waals surface area contributed by atoms with E-state index in [2.05, 4.69) is 5.32 Å². The molecular weight excluding hydrogens is 316 g/mol. The molecule has 7 heteroatoms. The fourth-order valence-corrected chi connectivity index (χ4v) is 3.31. The third kappa shape index (κ3) is 2.79. The van der Waals surface area contributed by atoms with Crippen LogP contribution in [0.3, 0.4) is 0 Å². The minimum Gasteiger partial charge on any atom is -0.508 e. The minimum atomic E-state index is -0.509. The Morgan fingerprint density at radius 1 is 1.43 bits per heavy atom. The largest absolute Gasteiger partial charge is 0.508 e. The first kappa shape index (κ1) is 15.5. The lowest BCUT2D eigenvalue weighted by Crippen LogP contribution is -2.34. The van der Waals surface area contributed by atoms with Gasteiger partial charge in [0.2, 0.25) is 5.91 Å². The van der Waals surface area contributed by atoms with Crippen LogP contribution in [0, 0.1) is 0 Å². The second-order valence-electron chi connectivity index (χ2n) is 5.38. The smallest absolute Gasteiger partial charge is 0.415 e. The molecular formula is C16H16N2O4S. The molecule has 0 fully saturated rings. The number of aromatic hydroxyl groups is 1. The van der Waals surface area contributed by atoms with Crippen LogP contribution in [0.4, 0.5) is 4.79 Å². The van der Waals surface area contributed by atoms with Gasteiger partial charge >= 0.3 is 6.09 Å². The zero-order chi connectivity index (χ0) is 16.6. The van der Waals surface area contributed by atoms with Gasteiger partial charge < -0.3 is 15.2 Å². The maximum atomic E-state index is 12.0. The van der Waals surface area contributed by atoms with Crippen molar-refractivity contribution in [2.75, 3.05) is 13.2 Å². The first-order chi connectivity index (χ1) is 11.0. The van der Waals surface area contributed by atoms with E-state index >= 15 is 0 Å². The topological polar surface area (TPSA) is 78.9 Å². The van der Waals surface area contributed by atoms with Crippen molar-refractivity contribution in [3.63, 3.8) is 0 Å². The highest BCUT2D eigenvalue weighted by Crippen LogP contribution is 2.38. The van der Waals surface area contributed by atoms with E-state index in [1.165, 1.54) is 4.90 Å². The summed E-state index contributed by atoms with van der Waals surface area (Å²) in [5.74, 6) is -0.188. The van der Waals surface area contributed by atoms with Crippen molar-refractivity contribution in [3.05, 3.63) is 41.1 Å². The van der Waals surface area contributed by atoms with Crippen molar-refractivity contribution in [1.29, 1.82) is 0 Å². The van der Waals surface area contributed by atoms with Crippen LogP contribution in [0.5, 0.6) is 5.75 Å². The number of phenolic OH excluding ortho intramolecular Hbond substituents is 1. The van der Waals surface area contributed by atoms with E-state index in [-0.39, 0.29) is 37.1 Å². The molecule has 2 aliphatic rings. The van der Waals surface area contributed by atoms with Crippen LogP contribution in [0.25, 0.3) is 0 Å². The summed E-state index contributed by atoms with van der Waals surface area (Å²) in [4.78, 5) is 25.8. The van der Waals surface area contributed by atoms with Gasteiger partial charge in [-0.3, -0.25) is 9.69 Å². The molecule has 1 unspecified atom stereocenters. The van der Waals surface area contributed by atoms with Crippen molar-refractivity contribution in [1.82, 2.24) is 10.2 Å². The number of rotatable bonds is 2. The van der Waals surface area contributed by atoms with Crippen LogP contribution in [0.15, 0.2) is 35.5 Å². The Morgan fingerprint density at radius 3 is 2.78 bits per heavy atom. The van der Waals surface area contributed by atoms with Crippen LogP contribution >= 0.6 is 12.2 Å². The summed E-state index contributed by atoms with van der Waals surface area (Å²) in [7, 11) is 0. The Bertz CT molecular complexity index is 711. The van der Waals surface area contributed by atoms with Crippen molar-refractivity contribution in [3.8, 4) is 5.75 Å². The average molecular weight is 332 g/mol. The Kier molecular flexibility index (Phi) is 4.04. The molecule has 2 aliphatic heterocycles. The highest BCUT2D eigenvalue weighted by atomic mass is 32.1. The molecule has 0 bridgehead atoms. The van der Waals surface area contributed by atoms with Gasteiger partial charge in [-0.1, -0.05) is 24.4 Å². The van der Waals surface area contributed by atoms with Crippen LogP contribution in [0.1, 0.15) is 24.8 Å². The van der Waals surface area contributed by atoms with Crippen LogP contribution in [-0.4, -0.2) is 40.1 Å². The molecule has 0 saturated carbocycles. The number of amides is 2. The van der Waals surface area contributed by atoms with Crippen molar-refractivity contribution in [2.45, 2.75) is 19.3 Å². The second kappa shape index (κ2) is 6.00. The summed E-state index contributed by atoms with van der Waals surface area (Å²) < 4.78 is 5.01. The predicted octanol–water partition coefficient (Wildman–Crippen LogP) is 2.05. The first-order valence-corrected chi connectivity index (χ1v) is 7.72. The van der Waals surface area contributed by atoms with Crippen LogP contribution < -0.4 is 5.32 Å². The Balaban J connectivity index is 1.94. The van der Waals surface area contributed by atoms with Crippen molar-refractivity contribution in [2.24, 2.45) is 0 Å². The van der Waals surface area contributed by atoms with E-state index < -0.39 is 6.09 Å².